The minimum Gasteiger partial charge on any atom is -0.395 e. The van der Waals surface area contributed by atoms with Crippen molar-refractivity contribution in [3.8, 4) is 0 Å². The molecule has 0 unspecified atom stereocenters. The number of hydrogen-bond acceptors (Lipinski definition) is 2. The van der Waals surface area contributed by atoms with Crippen LogP contribution in [0.15, 0.2) is 43.0 Å². The first kappa shape index (κ1) is 16.1. The van der Waals surface area contributed by atoms with Gasteiger partial charge in [0, 0.05) is 12.6 Å². The van der Waals surface area contributed by atoms with Gasteiger partial charge in [-0.2, -0.15) is 0 Å². The molecule has 1 amide bonds. The van der Waals surface area contributed by atoms with Crippen LogP contribution in [-0.4, -0.2) is 24.2 Å². The number of carbonyl (C=O) groups excluding carboxylic acids is 1. The standard InChI is InChI=1S/C12H15NO2.C3H6/c1-10-4-2-3-5-11(10)6-7-12(15)13-8-9-14;1-3-2/h2-7,14H,8-9H2,1H3,(H,13,15);3H,1H2,2H3/b7-6+;. The smallest absolute Gasteiger partial charge is 0.244 e. The van der Waals surface area contributed by atoms with Gasteiger partial charge < -0.3 is 10.4 Å². The highest BCUT2D eigenvalue weighted by Crippen LogP contribution is 2.08. The fraction of sp³-hybridized carbons (Fsp3) is 0.267. The van der Waals surface area contributed by atoms with Gasteiger partial charge in [0.1, 0.15) is 0 Å². The third kappa shape index (κ3) is 7.41. The summed E-state index contributed by atoms with van der Waals surface area (Å²) >= 11 is 0. The summed E-state index contributed by atoms with van der Waals surface area (Å²) in [5.74, 6) is -0.188. The second-order valence-corrected chi connectivity index (χ2v) is 3.61. The minimum absolute atomic E-state index is 0.0378. The van der Waals surface area contributed by atoms with Gasteiger partial charge in [0.25, 0.3) is 0 Å². The lowest BCUT2D eigenvalue weighted by Crippen LogP contribution is -2.24. The number of aliphatic hydroxyl groups excluding tert-OH is 1. The van der Waals surface area contributed by atoms with Gasteiger partial charge in [0.15, 0.2) is 0 Å². The molecule has 0 aliphatic carbocycles. The van der Waals surface area contributed by atoms with E-state index in [1.807, 2.05) is 38.1 Å². The first-order chi connectivity index (χ1) is 8.65. The van der Waals surface area contributed by atoms with Gasteiger partial charge in [-0.25, -0.2) is 0 Å². The van der Waals surface area contributed by atoms with Crippen LogP contribution >= 0.6 is 0 Å². The Hall–Kier alpha value is -1.87. The third-order valence-electron chi connectivity index (χ3n) is 2.01. The van der Waals surface area contributed by atoms with Gasteiger partial charge in [-0.1, -0.05) is 30.3 Å². The number of hydrogen-bond donors (Lipinski definition) is 2. The molecule has 0 atom stereocenters. The normalized spacial score (nSPS) is 9.50. The largest absolute Gasteiger partial charge is 0.395 e. The summed E-state index contributed by atoms with van der Waals surface area (Å²) in [6.07, 6.45) is 4.99. The number of carbonyl (C=O) groups is 1. The molecule has 0 bridgehead atoms. The molecular weight excluding hydrogens is 226 g/mol. The van der Waals surface area contributed by atoms with Gasteiger partial charge in [-0.15, -0.1) is 6.58 Å². The third-order valence-corrected chi connectivity index (χ3v) is 2.01. The lowest BCUT2D eigenvalue weighted by Gasteiger charge is -1.99. The van der Waals surface area contributed by atoms with Crippen LogP contribution in [0.1, 0.15) is 18.1 Å². The van der Waals surface area contributed by atoms with Crippen molar-refractivity contribution in [2.75, 3.05) is 13.2 Å². The van der Waals surface area contributed by atoms with Crippen molar-refractivity contribution in [3.63, 3.8) is 0 Å². The molecule has 1 rings (SSSR count). The van der Waals surface area contributed by atoms with Crippen molar-refractivity contribution in [1.82, 2.24) is 5.32 Å². The number of aliphatic hydroxyl groups is 1. The Labute approximate surface area is 109 Å². The molecule has 0 aromatic heterocycles. The maximum absolute atomic E-state index is 11.2. The van der Waals surface area contributed by atoms with E-state index in [0.717, 1.165) is 11.1 Å². The molecule has 0 saturated carbocycles. The fourth-order valence-corrected chi connectivity index (χ4v) is 1.18. The summed E-state index contributed by atoms with van der Waals surface area (Å²) in [5, 5.41) is 11.1. The van der Waals surface area contributed by atoms with Crippen LogP contribution in [0.2, 0.25) is 0 Å². The molecule has 0 spiro atoms. The summed E-state index contributed by atoms with van der Waals surface area (Å²) < 4.78 is 0. The van der Waals surface area contributed by atoms with Gasteiger partial charge >= 0.3 is 0 Å². The highest BCUT2D eigenvalue weighted by atomic mass is 16.3. The summed E-state index contributed by atoms with van der Waals surface area (Å²) in [5.41, 5.74) is 2.15. The molecule has 1 aromatic rings. The van der Waals surface area contributed by atoms with E-state index in [9.17, 15) is 4.79 Å². The average Bonchev–Trinajstić information content (AvgIpc) is 2.36. The predicted molar refractivity (Wildman–Crippen MR) is 76.2 cm³/mol. The van der Waals surface area contributed by atoms with Crippen molar-refractivity contribution in [3.05, 3.63) is 54.1 Å². The minimum atomic E-state index is -0.188. The highest BCUT2D eigenvalue weighted by molar-refractivity contribution is 5.91. The van der Waals surface area contributed by atoms with Crippen molar-refractivity contribution in [1.29, 1.82) is 0 Å². The molecule has 0 heterocycles. The van der Waals surface area contributed by atoms with E-state index >= 15 is 0 Å². The zero-order valence-electron chi connectivity index (χ0n) is 11.0. The zero-order chi connectivity index (χ0) is 13.8. The van der Waals surface area contributed by atoms with Crippen LogP contribution in [-0.2, 0) is 4.79 Å². The summed E-state index contributed by atoms with van der Waals surface area (Å²) in [6.45, 7) is 7.49. The average molecular weight is 247 g/mol. The number of benzene rings is 1. The molecule has 98 valence electrons. The Bertz CT molecular complexity index is 397. The monoisotopic (exact) mass is 247 g/mol. The SMILES string of the molecule is C=CC.Cc1ccccc1/C=C/C(=O)NCCO. The van der Waals surface area contributed by atoms with E-state index in [1.165, 1.54) is 6.08 Å². The van der Waals surface area contributed by atoms with Gasteiger partial charge in [-0.05, 0) is 31.1 Å². The molecule has 0 fully saturated rings. The quantitative estimate of drug-likeness (QED) is 0.633. The van der Waals surface area contributed by atoms with E-state index in [4.69, 9.17) is 5.11 Å². The summed E-state index contributed by atoms with van der Waals surface area (Å²) in [6, 6.07) is 7.83. The van der Waals surface area contributed by atoms with Crippen molar-refractivity contribution in [2.24, 2.45) is 0 Å². The van der Waals surface area contributed by atoms with Crippen molar-refractivity contribution in [2.45, 2.75) is 13.8 Å². The Balaban J connectivity index is 0.000000873. The first-order valence-electron chi connectivity index (χ1n) is 5.85. The first-order valence-corrected chi connectivity index (χ1v) is 5.85. The molecule has 18 heavy (non-hydrogen) atoms. The molecule has 2 N–H and O–H groups in total. The van der Waals surface area contributed by atoms with E-state index in [2.05, 4.69) is 11.9 Å². The van der Waals surface area contributed by atoms with E-state index in [1.54, 1.807) is 12.2 Å². The maximum atomic E-state index is 11.2. The topological polar surface area (TPSA) is 49.3 Å². The van der Waals surface area contributed by atoms with E-state index in [0.29, 0.717) is 0 Å². The van der Waals surface area contributed by atoms with E-state index in [-0.39, 0.29) is 19.1 Å². The molecule has 0 aliphatic rings. The second kappa shape index (κ2) is 10.3. The zero-order valence-corrected chi connectivity index (χ0v) is 11.0. The number of allylic oxidation sites excluding steroid dienone is 1. The van der Waals surface area contributed by atoms with Gasteiger partial charge in [0.05, 0.1) is 6.61 Å². The highest BCUT2D eigenvalue weighted by Gasteiger charge is 1.94. The Morgan fingerprint density at radius 3 is 2.61 bits per heavy atom. The number of aryl methyl sites for hydroxylation is 1. The van der Waals surface area contributed by atoms with Crippen molar-refractivity contribution >= 4 is 12.0 Å². The Kier molecular flexibility index (Phi) is 9.23. The summed E-state index contributed by atoms with van der Waals surface area (Å²) in [7, 11) is 0. The number of amides is 1. The molecule has 0 radical (unpaired) electrons. The molecule has 1 aromatic carbocycles. The molecule has 3 nitrogen and oxygen atoms in total. The lowest BCUT2D eigenvalue weighted by atomic mass is 10.1. The number of rotatable bonds is 4. The fourth-order valence-electron chi connectivity index (χ4n) is 1.18. The van der Waals surface area contributed by atoms with Gasteiger partial charge in [-0.3, -0.25) is 4.79 Å². The Morgan fingerprint density at radius 2 is 2.06 bits per heavy atom. The summed E-state index contributed by atoms with van der Waals surface area (Å²) in [4.78, 5) is 11.2. The van der Waals surface area contributed by atoms with Crippen LogP contribution in [0.3, 0.4) is 0 Å². The van der Waals surface area contributed by atoms with Crippen LogP contribution in [0.5, 0.6) is 0 Å². The van der Waals surface area contributed by atoms with Crippen LogP contribution < -0.4 is 5.32 Å². The van der Waals surface area contributed by atoms with Crippen LogP contribution in [0.25, 0.3) is 6.08 Å². The van der Waals surface area contributed by atoms with Crippen LogP contribution in [0, 0.1) is 6.92 Å². The van der Waals surface area contributed by atoms with E-state index < -0.39 is 0 Å². The molecule has 0 aliphatic heterocycles. The van der Waals surface area contributed by atoms with Gasteiger partial charge in [0.2, 0.25) is 5.91 Å². The Morgan fingerprint density at radius 1 is 1.44 bits per heavy atom. The molecule has 0 saturated heterocycles. The lowest BCUT2D eigenvalue weighted by molar-refractivity contribution is -0.116. The molecular formula is C15H21NO2. The molecule has 3 heteroatoms. The van der Waals surface area contributed by atoms with Crippen molar-refractivity contribution < 1.29 is 9.90 Å². The van der Waals surface area contributed by atoms with Crippen LogP contribution in [0.4, 0.5) is 0 Å². The second-order valence-electron chi connectivity index (χ2n) is 3.61. The predicted octanol–water partition coefficient (Wildman–Crippen LogP) is 2.31. The maximum Gasteiger partial charge on any atom is 0.244 e. The number of nitrogens with one attached hydrogen (secondary N) is 1.